The van der Waals surface area contributed by atoms with E-state index in [0.717, 1.165) is 87.8 Å². The second kappa shape index (κ2) is 19.8. The van der Waals surface area contributed by atoms with E-state index in [2.05, 4.69) is 37.7 Å². The number of hydrogen-bond donors (Lipinski definition) is 2. The van der Waals surface area contributed by atoms with Crippen molar-refractivity contribution in [3.63, 3.8) is 0 Å². The summed E-state index contributed by atoms with van der Waals surface area (Å²) >= 11 is 1.63. The number of anilines is 3. The molecule has 63 heavy (non-hydrogen) atoms. The number of amidine groups is 1. The molecule has 1 aromatic heterocycles. The molecule has 0 spiro atoms. The van der Waals surface area contributed by atoms with E-state index >= 15 is 0 Å². The molecule has 4 aliphatic heterocycles. The van der Waals surface area contributed by atoms with Crippen LogP contribution >= 0.6 is 11.8 Å². The van der Waals surface area contributed by atoms with Crippen LogP contribution in [0.15, 0.2) is 62.9 Å². The van der Waals surface area contributed by atoms with E-state index in [1.165, 1.54) is 6.07 Å². The summed E-state index contributed by atoms with van der Waals surface area (Å²) in [6.45, 7) is 12.1. The van der Waals surface area contributed by atoms with Crippen molar-refractivity contribution >= 4 is 64.0 Å². The Morgan fingerprint density at radius 3 is 2.29 bits per heavy atom. The molecule has 4 unspecified atom stereocenters. The number of carbonyl (C=O) groups is 5. The normalized spacial score (nSPS) is 23.1. The number of thioether (sulfide) groups is 1. The van der Waals surface area contributed by atoms with Gasteiger partial charge in [-0.2, -0.15) is 0 Å². The van der Waals surface area contributed by atoms with Gasteiger partial charge in [0.05, 0.1) is 45.2 Å². The van der Waals surface area contributed by atoms with Gasteiger partial charge in [0.25, 0.3) is 0 Å². The molecule has 2 saturated heterocycles. The Kier molecular flexibility index (Phi) is 14.2. The molecule has 3 aromatic rings. The van der Waals surface area contributed by atoms with E-state index < -0.39 is 66.0 Å². The third kappa shape index (κ3) is 11.1. The van der Waals surface area contributed by atoms with Crippen LogP contribution in [0.1, 0.15) is 52.0 Å². The monoisotopic (exact) mass is 894 g/mol. The average Bonchev–Trinajstić information content (AvgIpc) is 3.97. The fourth-order valence-corrected chi connectivity index (χ4v) is 8.48. The van der Waals surface area contributed by atoms with Crippen molar-refractivity contribution in [1.29, 1.82) is 0 Å². The Hall–Kier alpha value is -5.74. The highest BCUT2D eigenvalue weighted by atomic mass is 32.2. The maximum atomic E-state index is 13.0. The lowest BCUT2D eigenvalue weighted by Crippen LogP contribution is -2.64. The van der Waals surface area contributed by atoms with Crippen LogP contribution in [0, 0.1) is 0 Å². The lowest BCUT2D eigenvalue weighted by atomic mass is 9.91. The van der Waals surface area contributed by atoms with E-state index in [1.54, 1.807) is 37.7 Å². The number of rotatable bonds is 15. The van der Waals surface area contributed by atoms with Gasteiger partial charge < -0.3 is 52.6 Å². The Morgan fingerprint density at radius 2 is 1.59 bits per heavy atom. The Bertz CT molecular complexity index is 2190. The van der Waals surface area contributed by atoms with Crippen molar-refractivity contribution in [2.24, 2.45) is 4.99 Å². The largest absolute Gasteiger partial charge is 0.492 e. The number of aliphatic imine (C=N–C) groups is 1. The van der Waals surface area contributed by atoms with Gasteiger partial charge in [-0.15, -0.1) is 0 Å². The first kappa shape index (κ1) is 45.3. The molecule has 0 aliphatic carbocycles. The quantitative estimate of drug-likeness (QED) is 0.162. The highest BCUT2D eigenvalue weighted by Gasteiger charge is 2.55. The summed E-state index contributed by atoms with van der Waals surface area (Å²) in [7, 11) is 1.09. The summed E-state index contributed by atoms with van der Waals surface area (Å²) < 4.78 is 49.9. The van der Waals surface area contributed by atoms with Crippen LogP contribution in [0.25, 0.3) is 0 Å². The van der Waals surface area contributed by atoms with E-state index in [9.17, 15) is 24.0 Å². The standard InChI is InChI=1S/C42H50N6O14S/c1-23(49)58-34-35(59-24(2)50)37(60-25(3)51)39(61-36(34)38(52)54-6)57-22-42(4,5)32-20-33(46-62-32)45-40(53)43-27-9-7-26(8-10-27)29-21-48-30-12-11-28(19-31(30)63-41(48)44-29)56-18-15-47-13-16-55-17-14-47/h7-12,19-20,29,34-37,39H,13-18,21-22H2,1-6H3,(H2,43,45,46,53)/t29?,34-,35?,36?,37?,39+/m0/s1. The zero-order valence-electron chi connectivity index (χ0n) is 35.7. The summed E-state index contributed by atoms with van der Waals surface area (Å²) in [5.74, 6) is -2.16. The minimum Gasteiger partial charge on any atom is -0.492 e. The van der Waals surface area contributed by atoms with Crippen LogP contribution in [0.3, 0.4) is 0 Å². The van der Waals surface area contributed by atoms with Crippen molar-refractivity contribution in [1.82, 2.24) is 10.1 Å². The van der Waals surface area contributed by atoms with Gasteiger partial charge in [0.15, 0.2) is 41.7 Å². The number of hydrogen-bond acceptors (Lipinski definition) is 19. The van der Waals surface area contributed by atoms with Crippen LogP contribution in [0.5, 0.6) is 5.75 Å². The summed E-state index contributed by atoms with van der Waals surface area (Å²) in [5.41, 5.74) is 1.69. The number of aromatic nitrogens is 1. The summed E-state index contributed by atoms with van der Waals surface area (Å²) in [5, 5.41) is 10.4. The zero-order valence-corrected chi connectivity index (χ0v) is 36.5. The van der Waals surface area contributed by atoms with Gasteiger partial charge in [-0.05, 0) is 47.7 Å². The summed E-state index contributed by atoms with van der Waals surface area (Å²) in [4.78, 5) is 72.7. The van der Waals surface area contributed by atoms with Crippen LogP contribution < -0.4 is 20.3 Å². The fourth-order valence-electron chi connectivity index (χ4n) is 7.36. The minimum absolute atomic E-state index is 0.0756. The van der Waals surface area contributed by atoms with Gasteiger partial charge in [-0.25, -0.2) is 9.59 Å². The number of ether oxygens (including phenoxy) is 8. The topological polar surface area (TPSA) is 228 Å². The predicted molar refractivity (Wildman–Crippen MR) is 224 cm³/mol. The lowest BCUT2D eigenvalue weighted by molar-refractivity contribution is -0.303. The number of benzene rings is 2. The van der Waals surface area contributed by atoms with Crippen molar-refractivity contribution in [2.75, 3.05) is 75.2 Å². The molecule has 2 fully saturated rings. The fraction of sp³-hybridized carbons (Fsp3) is 0.500. The van der Waals surface area contributed by atoms with Gasteiger partial charge >= 0.3 is 29.9 Å². The van der Waals surface area contributed by atoms with Crippen molar-refractivity contribution in [3.8, 4) is 5.75 Å². The number of urea groups is 1. The SMILES string of the molecule is COC(=O)C1O[C@@H](OCC(C)(C)c2cc(NC(=O)Nc3ccc(C4CN5C(=N4)Sc4cc(OCCN6CCOCC6)ccc45)cc3)no2)C(OC(C)=O)C(OC(C)=O)[C@@H]1OC(C)=O. The van der Waals surface area contributed by atoms with E-state index in [-0.39, 0.29) is 24.2 Å². The second-order valence-corrected chi connectivity index (χ2v) is 16.7. The molecule has 20 nitrogen and oxygen atoms in total. The van der Waals surface area contributed by atoms with E-state index in [4.69, 9.17) is 47.4 Å². The number of methoxy groups -OCH3 is 1. The molecule has 0 bridgehead atoms. The number of carbonyl (C=O) groups excluding carboxylic acids is 5. The summed E-state index contributed by atoms with van der Waals surface area (Å²) in [6, 6.07) is 14.5. The Balaban J connectivity index is 0.917. The molecule has 2 amide bonds. The molecule has 2 aromatic carbocycles. The Morgan fingerprint density at radius 1 is 0.889 bits per heavy atom. The molecule has 21 heteroatoms. The Labute approximate surface area is 367 Å². The first-order valence-corrected chi connectivity index (χ1v) is 21.1. The molecule has 7 rings (SSSR count). The lowest BCUT2D eigenvalue weighted by Gasteiger charge is -2.43. The average molecular weight is 895 g/mol. The minimum atomic E-state index is -1.61. The molecular formula is C42H50N6O14S. The number of nitrogens with one attached hydrogen (secondary N) is 2. The molecule has 4 aliphatic rings. The van der Waals surface area contributed by atoms with Crippen LogP contribution in [0.4, 0.5) is 22.0 Å². The molecule has 2 N–H and O–H groups in total. The first-order chi connectivity index (χ1) is 30.2. The molecular weight excluding hydrogens is 845 g/mol. The zero-order chi connectivity index (χ0) is 44.8. The second-order valence-electron chi connectivity index (χ2n) is 15.7. The van der Waals surface area contributed by atoms with Gasteiger partial charge in [0, 0.05) is 62.5 Å². The molecule has 338 valence electrons. The van der Waals surface area contributed by atoms with Gasteiger partial charge in [0.2, 0.25) is 0 Å². The van der Waals surface area contributed by atoms with Crippen molar-refractivity contribution in [3.05, 3.63) is 59.9 Å². The predicted octanol–water partition coefficient (Wildman–Crippen LogP) is 4.04. The maximum Gasteiger partial charge on any atom is 0.339 e. The number of fused-ring (bicyclic) bond motifs is 3. The molecule has 5 heterocycles. The van der Waals surface area contributed by atoms with Crippen LogP contribution in [-0.2, 0) is 57.8 Å². The maximum absolute atomic E-state index is 13.0. The third-order valence-electron chi connectivity index (χ3n) is 10.5. The van der Waals surface area contributed by atoms with E-state index in [0.29, 0.717) is 18.8 Å². The van der Waals surface area contributed by atoms with Crippen molar-refractivity contribution in [2.45, 2.75) is 81.7 Å². The van der Waals surface area contributed by atoms with Crippen LogP contribution in [-0.4, -0.2) is 136 Å². The first-order valence-electron chi connectivity index (χ1n) is 20.3. The highest BCUT2D eigenvalue weighted by molar-refractivity contribution is 8.14. The highest BCUT2D eigenvalue weighted by Crippen LogP contribution is 2.47. The number of nitrogens with zero attached hydrogens (tertiary/aromatic N) is 4. The van der Waals surface area contributed by atoms with Gasteiger partial charge in [-0.3, -0.25) is 29.6 Å². The van der Waals surface area contributed by atoms with Gasteiger partial charge in [-0.1, -0.05) is 31.1 Å². The van der Waals surface area contributed by atoms with Crippen molar-refractivity contribution < 1.29 is 66.4 Å². The number of esters is 4. The van der Waals surface area contributed by atoms with E-state index in [1.807, 2.05) is 18.2 Å². The number of amides is 2. The molecule has 6 atom stereocenters. The summed E-state index contributed by atoms with van der Waals surface area (Å²) in [6.07, 6.45) is -7.63. The third-order valence-corrected chi connectivity index (χ3v) is 11.5. The molecule has 0 saturated carbocycles. The number of morpholine rings is 1. The smallest absolute Gasteiger partial charge is 0.339 e. The van der Waals surface area contributed by atoms with Gasteiger partial charge in [0.1, 0.15) is 18.1 Å². The molecule has 0 radical (unpaired) electrons. The van der Waals surface area contributed by atoms with Crippen LogP contribution in [0.2, 0.25) is 0 Å².